The fourth-order valence-electron chi connectivity index (χ4n) is 4.81. The SMILES string of the molecule is O=C1c2ccccc2[C@H](CN2CCSCC2)[C@]2(c3ccccc3)OCCN12. The first kappa shape index (κ1) is 17.3. The molecule has 2 aromatic carbocycles. The van der Waals surface area contributed by atoms with Crippen LogP contribution >= 0.6 is 11.8 Å². The van der Waals surface area contributed by atoms with E-state index in [9.17, 15) is 4.79 Å². The maximum atomic E-state index is 13.3. The molecule has 0 unspecified atom stereocenters. The van der Waals surface area contributed by atoms with Gasteiger partial charge in [0.05, 0.1) is 12.5 Å². The minimum Gasteiger partial charge on any atom is -0.349 e. The van der Waals surface area contributed by atoms with Crippen LogP contribution < -0.4 is 0 Å². The largest absolute Gasteiger partial charge is 0.349 e. The third kappa shape index (κ3) is 2.72. The van der Waals surface area contributed by atoms with E-state index in [2.05, 4.69) is 29.2 Å². The Morgan fingerprint density at radius 1 is 1.00 bits per heavy atom. The predicted octanol–water partition coefficient (Wildman–Crippen LogP) is 3.16. The molecular weight excluding hydrogens is 356 g/mol. The molecule has 3 heterocycles. The number of rotatable bonds is 3. The molecule has 0 spiro atoms. The van der Waals surface area contributed by atoms with Crippen LogP contribution in [0, 0.1) is 0 Å². The number of hydrogen-bond donors (Lipinski definition) is 0. The fourth-order valence-corrected chi connectivity index (χ4v) is 5.79. The highest BCUT2D eigenvalue weighted by molar-refractivity contribution is 7.99. The quantitative estimate of drug-likeness (QED) is 0.819. The molecule has 0 aromatic heterocycles. The second-order valence-electron chi connectivity index (χ2n) is 7.42. The Bertz CT molecular complexity index is 837. The van der Waals surface area contributed by atoms with Crippen LogP contribution in [-0.4, -0.2) is 60.0 Å². The molecule has 5 rings (SSSR count). The molecule has 4 nitrogen and oxygen atoms in total. The highest BCUT2D eigenvalue weighted by Crippen LogP contribution is 2.51. The summed E-state index contributed by atoms with van der Waals surface area (Å²) in [5, 5.41) is 0. The van der Waals surface area contributed by atoms with Crippen molar-refractivity contribution in [2.45, 2.75) is 11.6 Å². The lowest BCUT2D eigenvalue weighted by molar-refractivity contribution is -0.105. The van der Waals surface area contributed by atoms with E-state index in [4.69, 9.17) is 4.74 Å². The predicted molar refractivity (Wildman–Crippen MR) is 108 cm³/mol. The molecule has 1 amide bonds. The van der Waals surface area contributed by atoms with Gasteiger partial charge < -0.3 is 14.5 Å². The lowest BCUT2D eigenvalue weighted by Gasteiger charge is -2.49. The molecule has 3 aliphatic rings. The van der Waals surface area contributed by atoms with E-state index in [0.717, 1.165) is 36.3 Å². The molecule has 2 aromatic rings. The summed E-state index contributed by atoms with van der Waals surface area (Å²) in [6.07, 6.45) is 0. The number of carbonyl (C=O) groups excluding carboxylic acids is 1. The average Bonchev–Trinajstić information content (AvgIpc) is 3.19. The van der Waals surface area contributed by atoms with Crippen LogP contribution in [0.4, 0.5) is 0 Å². The fraction of sp³-hybridized carbons (Fsp3) is 0.409. The third-order valence-corrected chi connectivity index (χ3v) is 7.00. The van der Waals surface area contributed by atoms with Crippen molar-refractivity contribution in [3.05, 3.63) is 71.3 Å². The van der Waals surface area contributed by atoms with Crippen LogP contribution in [-0.2, 0) is 10.5 Å². The van der Waals surface area contributed by atoms with Gasteiger partial charge in [0.15, 0.2) is 5.72 Å². The maximum Gasteiger partial charge on any atom is 0.256 e. The first-order valence-electron chi connectivity index (χ1n) is 9.71. The molecule has 0 radical (unpaired) electrons. The number of ether oxygens (including phenoxy) is 1. The summed E-state index contributed by atoms with van der Waals surface area (Å²) in [5.74, 6) is 2.56. The van der Waals surface area contributed by atoms with Gasteiger partial charge in [0.1, 0.15) is 0 Å². The van der Waals surface area contributed by atoms with Gasteiger partial charge in [-0.05, 0) is 11.6 Å². The minimum absolute atomic E-state index is 0.0948. The van der Waals surface area contributed by atoms with Crippen molar-refractivity contribution in [3.8, 4) is 0 Å². The van der Waals surface area contributed by atoms with Crippen molar-refractivity contribution in [1.29, 1.82) is 0 Å². The summed E-state index contributed by atoms with van der Waals surface area (Å²) >= 11 is 2.02. The number of nitrogens with zero attached hydrogens (tertiary/aromatic N) is 2. The first-order chi connectivity index (χ1) is 13.3. The lowest BCUT2D eigenvalue weighted by Crippen LogP contribution is -2.56. The van der Waals surface area contributed by atoms with Gasteiger partial charge >= 0.3 is 0 Å². The van der Waals surface area contributed by atoms with Gasteiger partial charge in [-0.15, -0.1) is 0 Å². The van der Waals surface area contributed by atoms with Gasteiger partial charge in [-0.1, -0.05) is 48.5 Å². The van der Waals surface area contributed by atoms with E-state index >= 15 is 0 Å². The molecule has 2 fully saturated rings. The van der Waals surface area contributed by atoms with E-state index in [1.165, 1.54) is 11.5 Å². The smallest absolute Gasteiger partial charge is 0.256 e. The lowest BCUT2D eigenvalue weighted by atomic mass is 9.76. The standard InChI is InChI=1S/C22H24N2O2S/c25-21-19-9-5-4-8-18(19)20(16-23-11-14-27-15-12-23)22(24(21)10-13-26-22)17-6-2-1-3-7-17/h1-9,20H,10-16H2/t20-,22-/m0/s1. The van der Waals surface area contributed by atoms with E-state index < -0.39 is 5.72 Å². The third-order valence-electron chi connectivity index (χ3n) is 6.05. The second kappa shape index (κ2) is 6.97. The average molecular weight is 381 g/mol. The van der Waals surface area contributed by atoms with Gasteiger partial charge in [0.2, 0.25) is 0 Å². The summed E-state index contributed by atoms with van der Waals surface area (Å²) in [6.45, 7) is 4.34. The summed E-state index contributed by atoms with van der Waals surface area (Å²) in [6, 6.07) is 18.5. The Kier molecular flexibility index (Phi) is 4.46. The van der Waals surface area contributed by atoms with Crippen LogP contribution in [0.2, 0.25) is 0 Å². The zero-order valence-electron chi connectivity index (χ0n) is 15.3. The van der Waals surface area contributed by atoms with Crippen LogP contribution in [0.5, 0.6) is 0 Å². The van der Waals surface area contributed by atoms with Crippen molar-refractivity contribution in [1.82, 2.24) is 9.80 Å². The molecule has 27 heavy (non-hydrogen) atoms. The molecule has 0 N–H and O–H groups in total. The van der Waals surface area contributed by atoms with E-state index in [1.54, 1.807) is 0 Å². The summed E-state index contributed by atoms with van der Waals surface area (Å²) < 4.78 is 6.49. The molecule has 0 bridgehead atoms. The normalized spacial score (nSPS) is 28.1. The highest BCUT2D eigenvalue weighted by atomic mass is 32.2. The summed E-state index contributed by atoms with van der Waals surface area (Å²) in [5.41, 5.74) is 2.35. The van der Waals surface area contributed by atoms with E-state index in [1.807, 2.05) is 47.0 Å². The topological polar surface area (TPSA) is 32.8 Å². The number of thioether (sulfide) groups is 1. The Morgan fingerprint density at radius 2 is 1.74 bits per heavy atom. The van der Waals surface area contributed by atoms with Crippen LogP contribution in [0.3, 0.4) is 0 Å². The first-order valence-corrected chi connectivity index (χ1v) is 10.9. The van der Waals surface area contributed by atoms with Crippen LogP contribution in [0.1, 0.15) is 27.4 Å². The van der Waals surface area contributed by atoms with Crippen molar-refractivity contribution in [2.75, 3.05) is 44.3 Å². The van der Waals surface area contributed by atoms with Crippen molar-refractivity contribution < 1.29 is 9.53 Å². The number of benzene rings is 2. The Morgan fingerprint density at radius 3 is 2.56 bits per heavy atom. The molecular formula is C22H24N2O2S. The molecule has 2 atom stereocenters. The molecule has 0 saturated carbocycles. The van der Waals surface area contributed by atoms with E-state index in [0.29, 0.717) is 13.2 Å². The van der Waals surface area contributed by atoms with E-state index in [-0.39, 0.29) is 11.8 Å². The maximum absolute atomic E-state index is 13.3. The second-order valence-corrected chi connectivity index (χ2v) is 8.65. The molecule has 5 heteroatoms. The zero-order valence-corrected chi connectivity index (χ0v) is 16.2. The molecule has 2 saturated heterocycles. The minimum atomic E-state index is -0.697. The Balaban J connectivity index is 1.66. The summed E-state index contributed by atoms with van der Waals surface area (Å²) in [4.78, 5) is 17.9. The monoisotopic (exact) mass is 380 g/mol. The van der Waals surface area contributed by atoms with Gasteiger partial charge in [0.25, 0.3) is 5.91 Å². The Labute approximate surface area is 164 Å². The zero-order chi connectivity index (χ0) is 18.3. The van der Waals surface area contributed by atoms with Gasteiger partial charge in [-0.25, -0.2) is 0 Å². The number of amides is 1. The van der Waals surface area contributed by atoms with Crippen molar-refractivity contribution >= 4 is 17.7 Å². The molecule has 3 aliphatic heterocycles. The summed E-state index contributed by atoms with van der Waals surface area (Å²) in [7, 11) is 0. The van der Waals surface area contributed by atoms with Crippen molar-refractivity contribution in [3.63, 3.8) is 0 Å². The number of carbonyl (C=O) groups is 1. The molecule has 140 valence electrons. The van der Waals surface area contributed by atoms with Gasteiger partial charge in [0, 0.05) is 48.8 Å². The Hall–Kier alpha value is -1.82. The van der Waals surface area contributed by atoms with Crippen molar-refractivity contribution in [2.24, 2.45) is 0 Å². The van der Waals surface area contributed by atoms with Crippen LogP contribution in [0.15, 0.2) is 54.6 Å². The number of fused-ring (bicyclic) bond motifs is 2. The molecule has 0 aliphatic carbocycles. The van der Waals surface area contributed by atoms with Crippen LogP contribution in [0.25, 0.3) is 0 Å². The number of hydrogen-bond acceptors (Lipinski definition) is 4. The van der Waals surface area contributed by atoms with Gasteiger partial charge in [-0.2, -0.15) is 11.8 Å². The van der Waals surface area contributed by atoms with Gasteiger partial charge in [-0.3, -0.25) is 4.79 Å². The highest BCUT2D eigenvalue weighted by Gasteiger charge is 2.56.